The number of halogens is 1. The number of carbonyl (C=O) groups excluding carboxylic acids is 1. The number of hydrogen-bond acceptors (Lipinski definition) is 1. The standard InChI is InChI=1S/C11H10BrNO/c1-2-7-13-11(14)8-9-3-5-10(12)6-4-9/h1,3-6H,7-8H2,(H,13,14). The van der Waals surface area contributed by atoms with Gasteiger partial charge >= 0.3 is 0 Å². The van der Waals surface area contributed by atoms with Gasteiger partial charge in [-0.15, -0.1) is 6.42 Å². The van der Waals surface area contributed by atoms with Crippen molar-refractivity contribution in [2.24, 2.45) is 0 Å². The van der Waals surface area contributed by atoms with Crippen molar-refractivity contribution in [2.75, 3.05) is 6.54 Å². The topological polar surface area (TPSA) is 29.1 Å². The van der Waals surface area contributed by atoms with E-state index in [2.05, 4.69) is 27.2 Å². The lowest BCUT2D eigenvalue weighted by Gasteiger charge is -2.01. The van der Waals surface area contributed by atoms with Gasteiger partial charge in [0.25, 0.3) is 0 Å². The number of hydrogen-bond donors (Lipinski definition) is 1. The SMILES string of the molecule is C#CCNC(=O)Cc1ccc(Br)cc1. The molecule has 1 aromatic rings. The fourth-order valence-electron chi connectivity index (χ4n) is 1.000. The molecule has 0 aromatic heterocycles. The molecule has 72 valence electrons. The molecule has 0 aliphatic carbocycles. The molecular formula is C11H10BrNO. The van der Waals surface area contributed by atoms with Gasteiger partial charge in [-0.2, -0.15) is 0 Å². The molecule has 1 rings (SSSR count). The Kier molecular flexibility index (Phi) is 4.21. The second kappa shape index (κ2) is 5.46. The highest BCUT2D eigenvalue weighted by Gasteiger charge is 2.01. The molecule has 1 aromatic carbocycles. The normalized spacial score (nSPS) is 9.14. The van der Waals surface area contributed by atoms with Crippen LogP contribution in [0.3, 0.4) is 0 Å². The fraction of sp³-hybridized carbons (Fsp3) is 0.182. The van der Waals surface area contributed by atoms with Crippen molar-refractivity contribution in [1.29, 1.82) is 0 Å². The summed E-state index contributed by atoms with van der Waals surface area (Å²) in [6.45, 7) is 0.287. The number of amides is 1. The molecule has 3 heteroatoms. The fourth-order valence-corrected chi connectivity index (χ4v) is 1.26. The second-order valence-electron chi connectivity index (χ2n) is 2.78. The van der Waals surface area contributed by atoms with Crippen molar-refractivity contribution in [1.82, 2.24) is 5.32 Å². The van der Waals surface area contributed by atoms with E-state index < -0.39 is 0 Å². The maximum absolute atomic E-state index is 11.2. The minimum Gasteiger partial charge on any atom is -0.345 e. The Labute approximate surface area is 91.8 Å². The molecule has 0 heterocycles. The Morgan fingerprint density at radius 1 is 1.43 bits per heavy atom. The van der Waals surface area contributed by atoms with Gasteiger partial charge in [0.15, 0.2) is 0 Å². The summed E-state index contributed by atoms with van der Waals surface area (Å²) in [5.74, 6) is 2.30. The van der Waals surface area contributed by atoms with E-state index in [9.17, 15) is 4.79 Å². The minimum atomic E-state index is -0.0507. The quantitative estimate of drug-likeness (QED) is 0.816. The smallest absolute Gasteiger partial charge is 0.225 e. The molecule has 0 radical (unpaired) electrons. The maximum Gasteiger partial charge on any atom is 0.225 e. The van der Waals surface area contributed by atoms with Crippen molar-refractivity contribution in [2.45, 2.75) is 6.42 Å². The van der Waals surface area contributed by atoms with Gasteiger partial charge in [0.05, 0.1) is 13.0 Å². The van der Waals surface area contributed by atoms with Gasteiger partial charge in [-0.3, -0.25) is 4.79 Å². The predicted molar refractivity (Wildman–Crippen MR) is 59.7 cm³/mol. The van der Waals surface area contributed by atoms with Crippen LogP contribution in [0, 0.1) is 12.3 Å². The van der Waals surface area contributed by atoms with Gasteiger partial charge in [-0.25, -0.2) is 0 Å². The van der Waals surface area contributed by atoms with Crippen LogP contribution in [0.5, 0.6) is 0 Å². The van der Waals surface area contributed by atoms with Crippen LogP contribution < -0.4 is 5.32 Å². The molecule has 0 saturated heterocycles. The van der Waals surface area contributed by atoms with Crippen molar-refractivity contribution in [3.63, 3.8) is 0 Å². The van der Waals surface area contributed by atoms with Gasteiger partial charge in [0.2, 0.25) is 5.91 Å². The van der Waals surface area contributed by atoms with E-state index in [0.29, 0.717) is 6.42 Å². The van der Waals surface area contributed by atoms with Gasteiger partial charge in [-0.1, -0.05) is 34.0 Å². The zero-order chi connectivity index (χ0) is 10.4. The molecule has 0 aliphatic heterocycles. The monoisotopic (exact) mass is 251 g/mol. The van der Waals surface area contributed by atoms with Crippen molar-refractivity contribution >= 4 is 21.8 Å². The van der Waals surface area contributed by atoms with E-state index >= 15 is 0 Å². The summed E-state index contributed by atoms with van der Waals surface area (Å²) in [7, 11) is 0. The van der Waals surface area contributed by atoms with Crippen LogP contribution in [0.15, 0.2) is 28.7 Å². The number of nitrogens with one attached hydrogen (secondary N) is 1. The van der Waals surface area contributed by atoms with E-state index in [-0.39, 0.29) is 12.5 Å². The lowest BCUT2D eigenvalue weighted by molar-refractivity contribution is -0.120. The highest BCUT2D eigenvalue weighted by molar-refractivity contribution is 9.10. The first-order valence-electron chi connectivity index (χ1n) is 4.17. The summed E-state index contributed by atoms with van der Waals surface area (Å²) < 4.78 is 1.00. The Hall–Kier alpha value is -1.27. The zero-order valence-electron chi connectivity index (χ0n) is 7.59. The van der Waals surface area contributed by atoms with Gasteiger partial charge in [0.1, 0.15) is 0 Å². The van der Waals surface area contributed by atoms with Gasteiger partial charge in [-0.05, 0) is 17.7 Å². The Morgan fingerprint density at radius 2 is 2.07 bits per heavy atom. The third-order valence-corrected chi connectivity index (χ3v) is 2.19. The first-order chi connectivity index (χ1) is 6.72. The summed E-state index contributed by atoms with van der Waals surface area (Å²) in [6.07, 6.45) is 5.39. The number of rotatable bonds is 3. The number of terminal acetylenes is 1. The van der Waals surface area contributed by atoms with Crippen LogP contribution in [-0.2, 0) is 11.2 Å². The first-order valence-corrected chi connectivity index (χ1v) is 4.96. The lowest BCUT2D eigenvalue weighted by Crippen LogP contribution is -2.25. The summed E-state index contributed by atoms with van der Waals surface area (Å²) in [6, 6.07) is 7.62. The number of benzene rings is 1. The lowest BCUT2D eigenvalue weighted by atomic mass is 10.1. The summed E-state index contributed by atoms with van der Waals surface area (Å²) >= 11 is 3.33. The van der Waals surface area contributed by atoms with Crippen LogP contribution in [0.1, 0.15) is 5.56 Å². The molecule has 0 bridgehead atoms. The molecule has 0 saturated carbocycles. The largest absolute Gasteiger partial charge is 0.345 e. The zero-order valence-corrected chi connectivity index (χ0v) is 9.17. The predicted octanol–water partition coefficient (Wildman–Crippen LogP) is 1.74. The molecular weight excluding hydrogens is 242 g/mol. The molecule has 0 aliphatic rings. The molecule has 0 atom stereocenters. The molecule has 14 heavy (non-hydrogen) atoms. The molecule has 1 amide bonds. The molecule has 1 N–H and O–H groups in total. The number of carbonyl (C=O) groups is 1. The van der Waals surface area contributed by atoms with E-state index in [1.54, 1.807) is 0 Å². The average Bonchev–Trinajstić information content (AvgIpc) is 2.18. The molecule has 0 spiro atoms. The third-order valence-electron chi connectivity index (χ3n) is 1.67. The van der Waals surface area contributed by atoms with E-state index in [1.165, 1.54) is 0 Å². The van der Waals surface area contributed by atoms with Crippen LogP contribution in [0.2, 0.25) is 0 Å². The summed E-state index contributed by atoms with van der Waals surface area (Å²) in [5.41, 5.74) is 0.975. The maximum atomic E-state index is 11.2. The van der Waals surface area contributed by atoms with E-state index in [1.807, 2.05) is 24.3 Å². The van der Waals surface area contributed by atoms with Crippen molar-refractivity contribution < 1.29 is 4.79 Å². The summed E-state index contributed by atoms with van der Waals surface area (Å²) in [5, 5.41) is 2.61. The molecule has 2 nitrogen and oxygen atoms in total. The van der Waals surface area contributed by atoms with Crippen LogP contribution in [-0.4, -0.2) is 12.5 Å². The Bertz CT molecular complexity index is 351. The van der Waals surface area contributed by atoms with Crippen molar-refractivity contribution in [3.05, 3.63) is 34.3 Å². The van der Waals surface area contributed by atoms with Crippen LogP contribution in [0.25, 0.3) is 0 Å². The summed E-state index contributed by atoms with van der Waals surface area (Å²) in [4.78, 5) is 11.2. The first kappa shape index (κ1) is 10.8. The minimum absolute atomic E-state index is 0.0507. The van der Waals surface area contributed by atoms with Crippen LogP contribution >= 0.6 is 15.9 Å². The molecule has 0 fully saturated rings. The Balaban J connectivity index is 2.49. The highest BCUT2D eigenvalue weighted by atomic mass is 79.9. The van der Waals surface area contributed by atoms with Crippen LogP contribution in [0.4, 0.5) is 0 Å². The molecule has 0 unspecified atom stereocenters. The van der Waals surface area contributed by atoms with Gasteiger partial charge < -0.3 is 5.32 Å². The van der Waals surface area contributed by atoms with E-state index in [0.717, 1.165) is 10.0 Å². The van der Waals surface area contributed by atoms with Crippen molar-refractivity contribution in [3.8, 4) is 12.3 Å². The van der Waals surface area contributed by atoms with Gasteiger partial charge in [0, 0.05) is 4.47 Å². The highest BCUT2D eigenvalue weighted by Crippen LogP contribution is 2.10. The Morgan fingerprint density at radius 3 is 2.64 bits per heavy atom. The average molecular weight is 252 g/mol. The van der Waals surface area contributed by atoms with E-state index in [4.69, 9.17) is 6.42 Å². The third kappa shape index (κ3) is 3.63. The second-order valence-corrected chi connectivity index (χ2v) is 3.70.